The van der Waals surface area contributed by atoms with Crippen molar-refractivity contribution in [3.63, 3.8) is 0 Å². The molecule has 0 aliphatic rings. The maximum absolute atomic E-state index is 9.94. The molecule has 0 saturated carbocycles. The molecule has 8 aromatic rings. The highest BCUT2D eigenvalue weighted by Crippen LogP contribution is 2.40. The Morgan fingerprint density at radius 2 is 1.05 bits per heavy atom. The first-order valence-electron chi connectivity index (χ1n) is 13.3. The molecule has 0 fully saturated rings. The minimum Gasteiger partial charge on any atom is -0.309 e. The van der Waals surface area contributed by atoms with Crippen molar-refractivity contribution in [2.75, 3.05) is 0 Å². The van der Waals surface area contributed by atoms with E-state index in [2.05, 4.69) is 124 Å². The molecule has 3 heterocycles. The first-order chi connectivity index (χ1) is 19.8. The number of aromatic nitrogens is 3. The summed E-state index contributed by atoms with van der Waals surface area (Å²) in [7, 11) is 0. The molecule has 0 bridgehead atoms. The topological polar surface area (TPSA) is 46.5 Å². The highest BCUT2D eigenvalue weighted by molar-refractivity contribution is 6.10. The quantitative estimate of drug-likeness (QED) is 0.238. The van der Waals surface area contributed by atoms with Gasteiger partial charge in [-0.2, -0.15) is 5.26 Å². The Kier molecular flexibility index (Phi) is 4.85. The van der Waals surface area contributed by atoms with Gasteiger partial charge >= 0.3 is 0 Å². The van der Waals surface area contributed by atoms with Gasteiger partial charge in [0.2, 0.25) is 0 Å². The van der Waals surface area contributed by atoms with E-state index in [0.29, 0.717) is 5.56 Å². The Labute approximate surface area is 230 Å². The Bertz CT molecular complexity index is 2190. The lowest BCUT2D eigenvalue weighted by atomic mass is 9.98. The first kappa shape index (κ1) is 22.3. The zero-order chi connectivity index (χ0) is 26.6. The zero-order valence-corrected chi connectivity index (χ0v) is 21.5. The summed E-state index contributed by atoms with van der Waals surface area (Å²) in [6.07, 6.45) is 1.84. The molecule has 186 valence electrons. The third-order valence-corrected chi connectivity index (χ3v) is 7.82. The van der Waals surface area contributed by atoms with E-state index in [1.54, 1.807) is 0 Å². The summed E-state index contributed by atoms with van der Waals surface area (Å²) < 4.78 is 4.57. The van der Waals surface area contributed by atoms with Crippen LogP contribution in [0.15, 0.2) is 134 Å². The van der Waals surface area contributed by atoms with Crippen LogP contribution in [0.1, 0.15) is 5.56 Å². The van der Waals surface area contributed by atoms with Gasteiger partial charge in [-0.1, -0.05) is 72.8 Å². The van der Waals surface area contributed by atoms with Crippen LogP contribution >= 0.6 is 0 Å². The molecule has 5 aromatic carbocycles. The standard InChI is InChI=1S/C36H22N4/c37-23-24-19-20-35(40-34-18-8-3-12-27(34)29-14-9-21-38-36(29)40)30(22-24)28-13-4-7-17-33(28)39-31-15-5-1-10-25(31)26-11-2-6-16-32(26)39/h1-22H. The largest absolute Gasteiger partial charge is 0.309 e. The summed E-state index contributed by atoms with van der Waals surface area (Å²) in [5.74, 6) is 0. The third kappa shape index (κ3) is 3.15. The number of nitrogens with zero attached hydrogens (tertiary/aromatic N) is 4. The number of para-hydroxylation sites is 4. The summed E-state index contributed by atoms with van der Waals surface area (Å²) in [6, 6.07) is 46.4. The van der Waals surface area contributed by atoms with Crippen LogP contribution in [0.3, 0.4) is 0 Å². The van der Waals surface area contributed by atoms with Crippen molar-refractivity contribution in [1.82, 2.24) is 14.1 Å². The van der Waals surface area contributed by atoms with E-state index in [1.165, 1.54) is 10.8 Å². The number of rotatable bonds is 3. The van der Waals surface area contributed by atoms with Crippen LogP contribution in [-0.4, -0.2) is 14.1 Å². The second kappa shape index (κ2) is 8.69. The Morgan fingerprint density at radius 1 is 0.500 bits per heavy atom. The molecule has 0 N–H and O–H groups in total. The lowest BCUT2D eigenvalue weighted by molar-refractivity contribution is 1.13. The summed E-state index contributed by atoms with van der Waals surface area (Å²) >= 11 is 0. The maximum atomic E-state index is 9.94. The Balaban J connectivity index is 1.50. The van der Waals surface area contributed by atoms with Gasteiger partial charge in [0.05, 0.1) is 39.6 Å². The van der Waals surface area contributed by atoms with Gasteiger partial charge in [-0.05, 0) is 54.6 Å². The second-order valence-electron chi connectivity index (χ2n) is 9.96. The molecule has 0 saturated heterocycles. The van der Waals surface area contributed by atoms with Crippen LogP contribution in [0, 0.1) is 11.3 Å². The Hall–Kier alpha value is -5.66. The molecule has 0 atom stereocenters. The van der Waals surface area contributed by atoms with E-state index >= 15 is 0 Å². The third-order valence-electron chi connectivity index (χ3n) is 7.82. The second-order valence-corrected chi connectivity index (χ2v) is 9.96. The SMILES string of the molecule is N#Cc1ccc(-n2c3ccccc3c3cccnc32)c(-c2ccccc2-n2c3ccccc3c3ccccc32)c1. The van der Waals surface area contributed by atoms with E-state index in [1.807, 2.05) is 24.4 Å². The average Bonchev–Trinajstić information content (AvgIpc) is 3.54. The van der Waals surface area contributed by atoms with Crippen molar-refractivity contribution in [2.45, 2.75) is 0 Å². The van der Waals surface area contributed by atoms with Gasteiger partial charge in [0.1, 0.15) is 5.65 Å². The molecule has 0 aliphatic heterocycles. The van der Waals surface area contributed by atoms with Gasteiger partial charge in [-0.3, -0.25) is 4.57 Å². The van der Waals surface area contributed by atoms with Gasteiger partial charge in [0, 0.05) is 38.9 Å². The van der Waals surface area contributed by atoms with Crippen molar-refractivity contribution in [3.05, 3.63) is 139 Å². The summed E-state index contributed by atoms with van der Waals surface area (Å²) in [5.41, 5.74) is 8.94. The predicted molar refractivity (Wildman–Crippen MR) is 163 cm³/mol. The van der Waals surface area contributed by atoms with Crippen LogP contribution in [0.2, 0.25) is 0 Å². The summed E-state index contributed by atoms with van der Waals surface area (Å²) in [4.78, 5) is 4.82. The lowest BCUT2D eigenvalue weighted by Crippen LogP contribution is -2.02. The first-order valence-corrected chi connectivity index (χ1v) is 13.3. The molecule has 0 radical (unpaired) electrons. The summed E-state index contributed by atoms with van der Waals surface area (Å²) in [5, 5.41) is 14.6. The monoisotopic (exact) mass is 510 g/mol. The minimum absolute atomic E-state index is 0.615. The number of pyridine rings is 1. The van der Waals surface area contributed by atoms with Crippen molar-refractivity contribution >= 4 is 43.7 Å². The van der Waals surface area contributed by atoms with Crippen LogP contribution in [-0.2, 0) is 0 Å². The van der Waals surface area contributed by atoms with Crippen LogP contribution < -0.4 is 0 Å². The van der Waals surface area contributed by atoms with Gasteiger partial charge in [0.15, 0.2) is 0 Å². The molecule has 0 unspecified atom stereocenters. The van der Waals surface area contributed by atoms with E-state index < -0.39 is 0 Å². The van der Waals surface area contributed by atoms with Crippen molar-refractivity contribution < 1.29 is 0 Å². The number of nitriles is 1. The molecular weight excluding hydrogens is 488 g/mol. The Morgan fingerprint density at radius 3 is 1.75 bits per heavy atom. The van der Waals surface area contributed by atoms with Crippen LogP contribution in [0.5, 0.6) is 0 Å². The molecule has 0 amide bonds. The maximum Gasteiger partial charge on any atom is 0.145 e. The smallest absolute Gasteiger partial charge is 0.145 e. The predicted octanol–water partition coefficient (Wildman–Crippen LogP) is 8.81. The summed E-state index contributed by atoms with van der Waals surface area (Å²) in [6.45, 7) is 0. The number of hydrogen-bond donors (Lipinski definition) is 0. The molecule has 4 nitrogen and oxygen atoms in total. The molecule has 0 aliphatic carbocycles. The minimum atomic E-state index is 0.615. The van der Waals surface area contributed by atoms with E-state index in [9.17, 15) is 5.26 Å². The number of benzene rings is 5. The fourth-order valence-electron chi connectivity index (χ4n) is 6.13. The van der Waals surface area contributed by atoms with Crippen molar-refractivity contribution in [3.8, 4) is 28.6 Å². The van der Waals surface area contributed by atoms with Gasteiger partial charge in [-0.25, -0.2) is 4.98 Å². The van der Waals surface area contributed by atoms with Gasteiger partial charge < -0.3 is 4.57 Å². The van der Waals surface area contributed by atoms with Gasteiger partial charge in [-0.15, -0.1) is 0 Å². The molecular formula is C36H22N4. The van der Waals surface area contributed by atoms with Gasteiger partial charge in [0.25, 0.3) is 0 Å². The molecule has 4 heteroatoms. The van der Waals surface area contributed by atoms with Crippen molar-refractivity contribution in [1.29, 1.82) is 5.26 Å². The zero-order valence-electron chi connectivity index (χ0n) is 21.5. The number of hydrogen-bond acceptors (Lipinski definition) is 2. The van der Waals surface area contributed by atoms with Crippen LogP contribution in [0.25, 0.3) is 66.2 Å². The highest BCUT2D eigenvalue weighted by atomic mass is 15.1. The van der Waals surface area contributed by atoms with E-state index in [0.717, 1.165) is 55.5 Å². The van der Waals surface area contributed by atoms with Crippen molar-refractivity contribution in [2.24, 2.45) is 0 Å². The number of fused-ring (bicyclic) bond motifs is 6. The molecule has 3 aromatic heterocycles. The molecule has 0 spiro atoms. The highest BCUT2D eigenvalue weighted by Gasteiger charge is 2.20. The molecule has 40 heavy (non-hydrogen) atoms. The van der Waals surface area contributed by atoms with E-state index in [4.69, 9.17) is 4.98 Å². The molecule has 8 rings (SSSR count). The van der Waals surface area contributed by atoms with E-state index in [-0.39, 0.29) is 0 Å². The fourth-order valence-corrected chi connectivity index (χ4v) is 6.13. The fraction of sp³-hybridized carbons (Fsp3) is 0. The van der Waals surface area contributed by atoms with Crippen LogP contribution in [0.4, 0.5) is 0 Å². The lowest BCUT2D eigenvalue weighted by Gasteiger charge is -2.18. The normalized spacial score (nSPS) is 11.5. The average molecular weight is 511 g/mol.